The summed E-state index contributed by atoms with van der Waals surface area (Å²) in [5.74, 6) is -1.16. The molecule has 8 nitrogen and oxygen atoms in total. The van der Waals surface area contributed by atoms with Crippen LogP contribution in [0.15, 0.2) is 41.3 Å². The summed E-state index contributed by atoms with van der Waals surface area (Å²) in [4.78, 5) is 25.7. The van der Waals surface area contributed by atoms with Crippen molar-refractivity contribution < 1.29 is 28.4 Å². The molecule has 1 aliphatic heterocycles. The molecule has 11 heteroatoms. The number of carbonyl (C=O) groups excluding carboxylic acids is 2. The fourth-order valence-corrected chi connectivity index (χ4v) is 5.61. The van der Waals surface area contributed by atoms with Crippen molar-refractivity contribution in [3.63, 3.8) is 0 Å². The highest BCUT2D eigenvalue weighted by Crippen LogP contribution is 2.35. The third-order valence-electron chi connectivity index (χ3n) is 6.39. The molecular formula is C26H28Cl2N2O6S. The van der Waals surface area contributed by atoms with Gasteiger partial charge in [0.25, 0.3) is 5.91 Å². The first kappa shape index (κ1) is 27.6. The van der Waals surface area contributed by atoms with Crippen molar-refractivity contribution >= 4 is 56.8 Å². The second-order valence-corrected chi connectivity index (χ2v) is 11.1. The van der Waals surface area contributed by atoms with Gasteiger partial charge in [-0.05, 0) is 42.3 Å². The highest BCUT2D eigenvalue weighted by molar-refractivity contribution is 7.85. The van der Waals surface area contributed by atoms with Gasteiger partial charge in [0.2, 0.25) is 0 Å². The van der Waals surface area contributed by atoms with E-state index in [1.165, 1.54) is 0 Å². The first-order valence-corrected chi connectivity index (χ1v) is 13.9. The van der Waals surface area contributed by atoms with Crippen LogP contribution in [0.5, 0.6) is 0 Å². The summed E-state index contributed by atoms with van der Waals surface area (Å²) in [6.45, 7) is 2.59. The third kappa shape index (κ3) is 6.18. The Labute approximate surface area is 227 Å². The number of aromatic nitrogens is 1. The van der Waals surface area contributed by atoms with Crippen molar-refractivity contribution in [3.05, 3.63) is 63.3 Å². The minimum atomic E-state index is -1.58. The first-order chi connectivity index (χ1) is 17.7. The summed E-state index contributed by atoms with van der Waals surface area (Å²) < 4.78 is 25.0. The van der Waals surface area contributed by atoms with Crippen molar-refractivity contribution in [3.8, 4) is 0 Å². The molecule has 1 aliphatic rings. The van der Waals surface area contributed by atoms with Crippen molar-refractivity contribution in [2.24, 2.45) is 7.05 Å². The average molecular weight is 567 g/mol. The van der Waals surface area contributed by atoms with Gasteiger partial charge in [-0.1, -0.05) is 35.3 Å². The minimum Gasteiger partial charge on any atom is -0.461 e. The molecule has 1 amide bonds. The maximum Gasteiger partial charge on any atom is 0.319 e. The van der Waals surface area contributed by atoms with Gasteiger partial charge in [-0.25, -0.2) is 0 Å². The van der Waals surface area contributed by atoms with E-state index in [1.807, 2.05) is 13.0 Å². The number of aliphatic hydroxyl groups is 1. The molecule has 0 spiro atoms. The zero-order valence-corrected chi connectivity index (χ0v) is 22.8. The molecule has 0 unspecified atom stereocenters. The highest BCUT2D eigenvalue weighted by Gasteiger charge is 2.22. The van der Waals surface area contributed by atoms with E-state index in [0.717, 1.165) is 11.1 Å². The van der Waals surface area contributed by atoms with E-state index in [-0.39, 0.29) is 18.5 Å². The monoisotopic (exact) mass is 566 g/mol. The topological polar surface area (TPSA) is 107 Å². The Kier molecular flexibility index (Phi) is 8.92. The lowest BCUT2D eigenvalue weighted by molar-refractivity contribution is -0.149. The molecule has 37 heavy (non-hydrogen) atoms. The zero-order chi connectivity index (χ0) is 26.7. The molecule has 2 atom stereocenters. The van der Waals surface area contributed by atoms with Crippen LogP contribution >= 0.6 is 23.2 Å². The second kappa shape index (κ2) is 12.0. The number of nitrogens with one attached hydrogen (secondary N) is 1. The van der Waals surface area contributed by atoms with Gasteiger partial charge in [0.15, 0.2) is 0 Å². The van der Waals surface area contributed by atoms with Gasteiger partial charge in [0.1, 0.15) is 17.6 Å². The maximum absolute atomic E-state index is 13.1. The largest absolute Gasteiger partial charge is 0.461 e. The highest BCUT2D eigenvalue weighted by atomic mass is 35.5. The lowest BCUT2D eigenvalue weighted by Gasteiger charge is -2.22. The Hall–Kier alpha value is -2.43. The minimum absolute atomic E-state index is 0.201. The fraction of sp³-hybridized carbons (Fsp3) is 0.385. The number of carbonyl (C=O) groups is 2. The smallest absolute Gasteiger partial charge is 0.319 e. The Morgan fingerprint density at radius 2 is 1.86 bits per heavy atom. The molecule has 3 aromatic rings. The molecule has 1 fully saturated rings. The van der Waals surface area contributed by atoms with Crippen molar-refractivity contribution in [2.75, 3.05) is 25.6 Å². The molecule has 198 valence electrons. The summed E-state index contributed by atoms with van der Waals surface area (Å²) in [6.07, 6.45) is 1.08. The summed E-state index contributed by atoms with van der Waals surface area (Å²) in [7, 11) is 0.174. The number of halogens is 2. The van der Waals surface area contributed by atoms with Crippen LogP contribution in [0.2, 0.25) is 10.0 Å². The quantitative estimate of drug-likeness (QED) is 0.398. The lowest BCUT2D eigenvalue weighted by atomic mass is 10.1. The zero-order valence-electron chi connectivity index (χ0n) is 20.5. The van der Waals surface area contributed by atoms with Crippen molar-refractivity contribution in [1.29, 1.82) is 0 Å². The molecule has 0 radical (unpaired) electrons. The van der Waals surface area contributed by atoms with Crippen molar-refractivity contribution in [2.45, 2.75) is 36.8 Å². The van der Waals surface area contributed by atoms with Crippen LogP contribution in [0, 0.1) is 6.92 Å². The molecular weight excluding hydrogens is 539 g/mol. The van der Waals surface area contributed by atoms with E-state index in [4.69, 9.17) is 32.7 Å². The van der Waals surface area contributed by atoms with Crippen LogP contribution in [0.1, 0.15) is 40.5 Å². The Bertz CT molecular complexity index is 1340. The first-order valence-electron chi connectivity index (χ1n) is 11.8. The van der Waals surface area contributed by atoms with Gasteiger partial charge in [0.05, 0.1) is 52.2 Å². The molecule has 1 saturated heterocycles. The van der Waals surface area contributed by atoms with E-state index in [1.54, 1.807) is 41.9 Å². The van der Waals surface area contributed by atoms with E-state index >= 15 is 0 Å². The normalized spacial score (nSPS) is 15.9. The third-order valence-corrected chi connectivity index (χ3v) is 8.66. The number of nitrogens with zero attached hydrogens (tertiary/aromatic N) is 1. The predicted molar refractivity (Wildman–Crippen MR) is 143 cm³/mol. The number of hydrogen-bond acceptors (Lipinski definition) is 6. The van der Waals surface area contributed by atoms with Crippen LogP contribution in [-0.4, -0.2) is 57.4 Å². The van der Waals surface area contributed by atoms with E-state index in [2.05, 4.69) is 5.32 Å². The lowest BCUT2D eigenvalue weighted by Crippen LogP contribution is -2.32. The number of benzene rings is 2. The van der Waals surface area contributed by atoms with E-state index in [9.17, 15) is 18.9 Å². The van der Waals surface area contributed by atoms with Crippen LogP contribution in [0.25, 0.3) is 10.9 Å². The van der Waals surface area contributed by atoms with Gasteiger partial charge in [-0.15, -0.1) is 0 Å². The number of amides is 1. The van der Waals surface area contributed by atoms with Crippen LogP contribution in [0.4, 0.5) is 0 Å². The van der Waals surface area contributed by atoms with Gasteiger partial charge < -0.3 is 24.5 Å². The standard InChI is InChI=1S/C26H28Cl2N2O6S/c1-15-11-21-19(25(28)24(15)27)12-22(30(21)2)26(33)29-20(13-31)16-3-5-18(6-4-16)37(34)14-23(32)36-17-7-9-35-10-8-17/h3-6,11-12,17,20,31H,7-10,13-14H2,1-2H3,(H,29,33)/t20-,37+/m1/s1. The Morgan fingerprint density at radius 3 is 2.51 bits per heavy atom. The summed E-state index contributed by atoms with van der Waals surface area (Å²) in [5.41, 5.74) is 2.55. The summed E-state index contributed by atoms with van der Waals surface area (Å²) in [6, 6.07) is 9.39. The SMILES string of the molecule is Cc1cc2c(cc(C(=O)N[C@H](CO)c3ccc([S@@](=O)CC(=O)OC4CCOCC4)cc3)n2C)c(Cl)c1Cl. The molecule has 1 aromatic heterocycles. The number of hydrogen-bond donors (Lipinski definition) is 2. The molecule has 2 N–H and O–H groups in total. The summed E-state index contributed by atoms with van der Waals surface area (Å²) in [5, 5.41) is 14.3. The Morgan fingerprint density at radius 1 is 1.19 bits per heavy atom. The summed E-state index contributed by atoms with van der Waals surface area (Å²) >= 11 is 12.7. The molecule has 0 aliphatic carbocycles. The molecule has 0 saturated carbocycles. The molecule has 4 rings (SSSR count). The molecule has 2 aromatic carbocycles. The van der Waals surface area contributed by atoms with Gasteiger partial charge in [-0.3, -0.25) is 13.8 Å². The second-order valence-electron chi connectivity index (χ2n) is 8.91. The number of fused-ring (bicyclic) bond motifs is 1. The van der Waals surface area contributed by atoms with Gasteiger partial charge in [-0.2, -0.15) is 0 Å². The fourth-order valence-electron chi connectivity index (χ4n) is 4.27. The number of aliphatic hydroxyl groups excluding tert-OH is 1. The molecule has 0 bridgehead atoms. The average Bonchev–Trinajstić information content (AvgIpc) is 3.22. The molecule has 2 heterocycles. The van der Waals surface area contributed by atoms with E-state index in [0.29, 0.717) is 57.6 Å². The number of ether oxygens (including phenoxy) is 2. The van der Waals surface area contributed by atoms with Crippen LogP contribution in [0.3, 0.4) is 0 Å². The van der Waals surface area contributed by atoms with Gasteiger partial charge >= 0.3 is 5.97 Å². The van der Waals surface area contributed by atoms with Gasteiger partial charge in [0, 0.05) is 30.2 Å². The number of esters is 1. The van der Waals surface area contributed by atoms with Crippen molar-refractivity contribution in [1.82, 2.24) is 9.88 Å². The van der Waals surface area contributed by atoms with E-state index < -0.39 is 28.7 Å². The Balaban J connectivity index is 1.42. The van der Waals surface area contributed by atoms with Crippen LogP contribution < -0.4 is 5.32 Å². The predicted octanol–water partition coefficient (Wildman–Crippen LogP) is 4.09. The number of rotatable bonds is 8. The number of aryl methyl sites for hydroxylation is 2. The maximum atomic E-state index is 13.1. The van der Waals surface area contributed by atoms with Crippen LogP contribution in [-0.2, 0) is 32.1 Å².